The van der Waals surface area contributed by atoms with Crippen LogP contribution in [0.2, 0.25) is 0 Å². The van der Waals surface area contributed by atoms with E-state index in [1.165, 1.54) is 0 Å². The van der Waals surface area contributed by atoms with Gasteiger partial charge in [0, 0.05) is 19.0 Å². The quantitative estimate of drug-likeness (QED) is 0.480. The van der Waals surface area contributed by atoms with E-state index < -0.39 is 0 Å². The molecule has 3 N–H and O–H groups in total. The number of hydrazine groups is 1. The van der Waals surface area contributed by atoms with Crippen LogP contribution in [0, 0.1) is 5.92 Å². The number of rotatable bonds is 4. The molecule has 6 heteroatoms. The van der Waals surface area contributed by atoms with E-state index >= 15 is 0 Å². The van der Waals surface area contributed by atoms with E-state index in [-0.39, 0.29) is 17.7 Å². The zero-order valence-electron chi connectivity index (χ0n) is 12.2. The molecule has 1 saturated heterocycles. The molecule has 2 rings (SSSR count). The van der Waals surface area contributed by atoms with Crippen molar-refractivity contribution in [1.29, 1.82) is 0 Å². The molecule has 1 fully saturated rings. The first-order valence-corrected chi connectivity index (χ1v) is 7.05. The summed E-state index contributed by atoms with van der Waals surface area (Å²) >= 11 is 0. The van der Waals surface area contributed by atoms with Crippen LogP contribution in [-0.4, -0.2) is 36.9 Å². The molecule has 1 aliphatic heterocycles. The average Bonchev–Trinajstić information content (AvgIpc) is 2.55. The molecule has 0 bridgehead atoms. The highest BCUT2D eigenvalue weighted by atomic mass is 16.5. The van der Waals surface area contributed by atoms with Crippen molar-refractivity contribution in [2.75, 3.05) is 20.2 Å². The van der Waals surface area contributed by atoms with Crippen molar-refractivity contribution >= 4 is 11.8 Å². The van der Waals surface area contributed by atoms with Gasteiger partial charge in [-0.25, -0.2) is 5.84 Å². The first kappa shape index (κ1) is 15.3. The molecular weight excluding hydrogens is 270 g/mol. The number of nitrogens with zero attached hydrogens (tertiary/aromatic N) is 1. The summed E-state index contributed by atoms with van der Waals surface area (Å²) < 4.78 is 5.09. The number of piperidine rings is 1. The molecule has 6 nitrogen and oxygen atoms in total. The number of benzene rings is 1. The fourth-order valence-electron chi connectivity index (χ4n) is 2.54. The Labute approximate surface area is 124 Å². The fourth-order valence-corrected chi connectivity index (χ4v) is 2.54. The molecule has 1 heterocycles. The van der Waals surface area contributed by atoms with Crippen LogP contribution in [0.4, 0.5) is 0 Å². The van der Waals surface area contributed by atoms with E-state index in [1.54, 1.807) is 7.11 Å². The van der Waals surface area contributed by atoms with Crippen molar-refractivity contribution in [1.82, 2.24) is 10.3 Å². The summed E-state index contributed by atoms with van der Waals surface area (Å²) in [5.74, 6) is 5.78. The second kappa shape index (κ2) is 7.08. The molecule has 0 unspecified atom stereocenters. The molecule has 0 radical (unpaired) electrons. The molecule has 0 saturated carbocycles. The maximum atomic E-state index is 12.2. The van der Waals surface area contributed by atoms with Crippen LogP contribution in [0.3, 0.4) is 0 Å². The van der Waals surface area contributed by atoms with E-state index in [1.807, 2.05) is 29.2 Å². The molecule has 2 amide bonds. The van der Waals surface area contributed by atoms with Gasteiger partial charge in [0.1, 0.15) is 5.75 Å². The van der Waals surface area contributed by atoms with Gasteiger partial charge in [-0.3, -0.25) is 15.0 Å². The van der Waals surface area contributed by atoms with Gasteiger partial charge in [-0.05, 0) is 30.5 Å². The highest BCUT2D eigenvalue weighted by Gasteiger charge is 2.26. The van der Waals surface area contributed by atoms with E-state index in [9.17, 15) is 9.59 Å². The Morgan fingerprint density at radius 3 is 2.43 bits per heavy atom. The monoisotopic (exact) mass is 291 g/mol. The molecular formula is C15H21N3O3. The molecule has 1 aromatic rings. The smallest absolute Gasteiger partial charge is 0.237 e. The maximum absolute atomic E-state index is 12.2. The number of carbonyl (C=O) groups is 2. The van der Waals surface area contributed by atoms with Crippen LogP contribution in [0.5, 0.6) is 5.75 Å². The number of hydrogen-bond acceptors (Lipinski definition) is 4. The Kier molecular flexibility index (Phi) is 5.16. The van der Waals surface area contributed by atoms with E-state index in [0.717, 1.165) is 11.3 Å². The van der Waals surface area contributed by atoms with Gasteiger partial charge in [-0.1, -0.05) is 12.1 Å². The van der Waals surface area contributed by atoms with Crippen molar-refractivity contribution in [3.63, 3.8) is 0 Å². The third kappa shape index (κ3) is 3.95. The number of methoxy groups -OCH3 is 1. The first-order chi connectivity index (χ1) is 10.1. The van der Waals surface area contributed by atoms with Gasteiger partial charge in [-0.15, -0.1) is 0 Å². The van der Waals surface area contributed by atoms with Crippen LogP contribution in [0.15, 0.2) is 24.3 Å². The summed E-state index contributed by atoms with van der Waals surface area (Å²) in [5.41, 5.74) is 3.14. The normalized spacial score (nSPS) is 15.6. The van der Waals surface area contributed by atoms with E-state index in [0.29, 0.717) is 32.4 Å². The van der Waals surface area contributed by atoms with Crippen molar-refractivity contribution in [3.05, 3.63) is 29.8 Å². The van der Waals surface area contributed by atoms with Crippen LogP contribution < -0.4 is 16.0 Å². The SMILES string of the molecule is COc1ccc(CC(=O)N2CCC(C(=O)NN)CC2)cc1. The second-order valence-corrected chi connectivity index (χ2v) is 5.19. The van der Waals surface area contributed by atoms with E-state index in [4.69, 9.17) is 10.6 Å². The number of nitrogens with two attached hydrogens (primary N) is 1. The topological polar surface area (TPSA) is 84.7 Å². The summed E-state index contributed by atoms with van der Waals surface area (Å²) in [6.07, 6.45) is 1.70. The number of likely N-dealkylation sites (tertiary alicyclic amines) is 1. The number of hydrogen-bond donors (Lipinski definition) is 2. The lowest BCUT2D eigenvalue weighted by molar-refractivity contribution is -0.135. The number of nitrogens with one attached hydrogen (secondary N) is 1. The van der Waals surface area contributed by atoms with Crippen molar-refractivity contribution in [2.24, 2.45) is 11.8 Å². The Balaban J connectivity index is 1.85. The fraction of sp³-hybridized carbons (Fsp3) is 0.467. The van der Waals surface area contributed by atoms with Crippen molar-refractivity contribution in [3.8, 4) is 5.75 Å². The summed E-state index contributed by atoms with van der Waals surface area (Å²) in [5, 5.41) is 0. The Bertz CT molecular complexity index is 493. The molecule has 21 heavy (non-hydrogen) atoms. The predicted molar refractivity (Wildman–Crippen MR) is 78.3 cm³/mol. The van der Waals surface area contributed by atoms with Crippen LogP contribution in [-0.2, 0) is 16.0 Å². The molecule has 0 aromatic heterocycles. The highest BCUT2D eigenvalue weighted by molar-refractivity contribution is 5.80. The Hall–Kier alpha value is -2.08. The van der Waals surface area contributed by atoms with Crippen LogP contribution >= 0.6 is 0 Å². The van der Waals surface area contributed by atoms with Crippen molar-refractivity contribution < 1.29 is 14.3 Å². The van der Waals surface area contributed by atoms with Gasteiger partial charge < -0.3 is 9.64 Å². The molecule has 0 atom stereocenters. The van der Waals surface area contributed by atoms with Gasteiger partial charge in [-0.2, -0.15) is 0 Å². The molecule has 0 spiro atoms. The standard InChI is InChI=1S/C15H21N3O3/c1-21-13-4-2-11(3-5-13)10-14(19)18-8-6-12(7-9-18)15(20)17-16/h2-5,12H,6-10,16H2,1H3,(H,17,20). The van der Waals surface area contributed by atoms with Crippen LogP contribution in [0.25, 0.3) is 0 Å². The largest absolute Gasteiger partial charge is 0.497 e. The molecule has 1 aromatic carbocycles. The second-order valence-electron chi connectivity index (χ2n) is 5.19. The lowest BCUT2D eigenvalue weighted by Gasteiger charge is -2.31. The van der Waals surface area contributed by atoms with Gasteiger partial charge >= 0.3 is 0 Å². The van der Waals surface area contributed by atoms with Gasteiger partial charge in [0.05, 0.1) is 13.5 Å². The lowest BCUT2D eigenvalue weighted by Crippen LogP contribution is -2.45. The molecule has 114 valence electrons. The maximum Gasteiger partial charge on any atom is 0.237 e. The summed E-state index contributed by atoms with van der Waals surface area (Å²) in [4.78, 5) is 25.5. The van der Waals surface area contributed by atoms with Crippen molar-refractivity contribution in [2.45, 2.75) is 19.3 Å². The molecule has 1 aliphatic rings. The minimum Gasteiger partial charge on any atom is -0.497 e. The number of carbonyl (C=O) groups excluding carboxylic acids is 2. The van der Waals surface area contributed by atoms with Crippen LogP contribution in [0.1, 0.15) is 18.4 Å². The van der Waals surface area contributed by atoms with Gasteiger partial charge in [0.25, 0.3) is 0 Å². The average molecular weight is 291 g/mol. The predicted octanol–water partition coefficient (Wildman–Crippen LogP) is 0.466. The van der Waals surface area contributed by atoms with E-state index in [2.05, 4.69) is 5.43 Å². The highest BCUT2D eigenvalue weighted by Crippen LogP contribution is 2.18. The molecule has 0 aliphatic carbocycles. The zero-order chi connectivity index (χ0) is 15.2. The number of amides is 2. The van der Waals surface area contributed by atoms with Gasteiger partial charge in [0.2, 0.25) is 11.8 Å². The third-order valence-electron chi connectivity index (χ3n) is 3.88. The van der Waals surface area contributed by atoms with Gasteiger partial charge in [0.15, 0.2) is 0 Å². The number of ether oxygens (including phenoxy) is 1. The lowest BCUT2D eigenvalue weighted by atomic mass is 9.96. The summed E-state index contributed by atoms with van der Waals surface area (Å²) in [7, 11) is 1.61. The zero-order valence-corrected chi connectivity index (χ0v) is 12.2. The first-order valence-electron chi connectivity index (χ1n) is 7.05. The minimum absolute atomic E-state index is 0.0833. The summed E-state index contributed by atoms with van der Waals surface area (Å²) in [6, 6.07) is 7.48. The summed E-state index contributed by atoms with van der Waals surface area (Å²) in [6.45, 7) is 1.21. The third-order valence-corrected chi connectivity index (χ3v) is 3.88. The Morgan fingerprint density at radius 2 is 1.90 bits per heavy atom. The Morgan fingerprint density at radius 1 is 1.29 bits per heavy atom. The minimum atomic E-state index is -0.141.